The average Bonchev–Trinajstić information content (AvgIpc) is 3.10. The highest BCUT2D eigenvalue weighted by Crippen LogP contribution is 2.35. The zero-order valence-electron chi connectivity index (χ0n) is 16.4. The van der Waals surface area contributed by atoms with E-state index in [2.05, 4.69) is 29.9 Å². The molecule has 0 spiro atoms. The maximum Gasteiger partial charge on any atom is 0.224 e. The van der Waals surface area contributed by atoms with Crippen molar-refractivity contribution in [3.05, 3.63) is 30.6 Å². The lowest BCUT2D eigenvalue weighted by atomic mass is 9.89. The van der Waals surface area contributed by atoms with E-state index in [0.717, 1.165) is 33.2 Å². The first-order valence-corrected chi connectivity index (χ1v) is 11.3. The second-order valence-corrected chi connectivity index (χ2v) is 8.54. The van der Waals surface area contributed by atoms with Crippen molar-refractivity contribution in [1.29, 1.82) is 0 Å². The number of carbonyl (C=O) groups is 1. The minimum atomic E-state index is 0.0367. The van der Waals surface area contributed by atoms with Crippen molar-refractivity contribution in [2.24, 2.45) is 0 Å². The van der Waals surface area contributed by atoms with E-state index in [9.17, 15) is 4.79 Å². The van der Waals surface area contributed by atoms with Crippen molar-refractivity contribution in [2.75, 3.05) is 11.1 Å². The maximum atomic E-state index is 12.2. The van der Waals surface area contributed by atoms with Crippen LogP contribution in [0.25, 0.3) is 11.0 Å². The smallest absolute Gasteiger partial charge is 0.224 e. The fraction of sp³-hybridized carbons (Fsp3) is 0.545. The predicted molar refractivity (Wildman–Crippen MR) is 116 cm³/mol. The largest absolute Gasteiger partial charge is 0.342 e. The molecule has 1 aromatic heterocycles. The van der Waals surface area contributed by atoms with Crippen LogP contribution in [0.2, 0.25) is 0 Å². The quantitative estimate of drug-likeness (QED) is 0.298. The second kappa shape index (κ2) is 9.98. The SMILES string of the molecule is C=CCCC(=O)Nc1cc2nc(C3CCCCC3)[nH]c2cc1SCCCC. The Morgan fingerprint density at radius 2 is 2.19 bits per heavy atom. The van der Waals surface area contributed by atoms with E-state index in [4.69, 9.17) is 4.98 Å². The lowest BCUT2D eigenvalue weighted by Gasteiger charge is -2.18. The fourth-order valence-electron chi connectivity index (χ4n) is 3.62. The third-order valence-electron chi connectivity index (χ3n) is 5.20. The van der Waals surface area contributed by atoms with Gasteiger partial charge in [-0.2, -0.15) is 0 Å². The highest BCUT2D eigenvalue weighted by Gasteiger charge is 2.20. The molecule has 0 saturated heterocycles. The van der Waals surface area contributed by atoms with E-state index in [1.165, 1.54) is 44.9 Å². The summed E-state index contributed by atoms with van der Waals surface area (Å²) in [6.07, 6.45) is 11.7. The maximum absolute atomic E-state index is 12.2. The first-order chi connectivity index (χ1) is 13.2. The van der Waals surface area contributed by atoms with Gasteiger partial charge in [-0.05, 0) is 43.6 Å². The first-order valence-electron chi connectivity index (χ1n) is 10.3. The van der Waals surface area contributed by atoms with Crippen LogP contribution < -0.4 is 5.32 Å². The number of carbonyl (C=O) groups excluding carboxylic acids is 1. The first kappa shape index (κ1) is 20.0. The molecule has 0 aliphatic heterocycles. The Morgan fingerprint density at radius 1 is 1.37 bits per heavy atom. The monoisotopic (exact) mass is 385 g/mol. The van der Waals surface area contributed by atoms with E-state index in [-0.39, 0.29) is 5.91 Å². The molecule has 1 aliphatic carbocycles. The number of thioether (sulfide) groups is 1. The molecule has 5 heteroatoms. The molecule has 1 aromatic carbocycles. The number of anilines is 1. The summed E-state index contributed by atoms with van der Waals surface area (Å²) >= 11 is 1.81. The Balaban J connectivity index is 1.85. The predicted octanol–water partition coefficient (Wildman–Crippen LogP) is 6.41. The van der Waals surface area contributed by atoms with Crippen molar-refractivity contribution in [2.45, 2.75) is 75.5 Å². The molecule has 3 rings (SSSR count). The summed E-state index contributed by atoms with van der Waals surface area (Å²) < 4.78 is 0. The summed E-state index contributed by atoms with van der Waals surface area (Å²) in [5.41, 5.74) is 2.92. The molecule has 1 saturated carbocycles. The van der Waals surface area contributed by atoms with Gasteiger partial charge in [-0.1, -0.05) is 38.7 Å². The van der Waals surface area contributed by atoms with Gasteiger partial charge in [-0.15, -0.1) is 18.3 Å². The molecule has 27 heavy (non-hydrogen) atoms. The minimum Gasteiger partial charge on any atom is -0.342 e. The van der Waals surface area contributed by atoms with Crippen molar-refractivity contribution in [3.63, 3.8) is 0 Å². The van der Waals surface area contributed by atoms with Crippen molar-refractivity contribution >= 4 is 34.4 Å². The molecule has 1 aliphatic rings. The number of rotatable bonds is 9. The number of unbranched alkanes of at least 4 members (excludes halogenated alkanes) is 1. The lowest BCUT2D eigenvalue weighted by Crippen LogP contribution is -2.11. The summed E-state index contributed by atoms with van der Waals surface area (Å²) in [5.74, 6) is 2.76. The standard InChI is InChI=1S/C22H31N3OS/c1-3-5-12-21(26)23-19-14-17-18(15-20(19)27-13-6-4-2)25-22(24-17)16-10-8-7-9-11-16/h3,14-16H,1,4-13H2,2H3,(H,23,26)(H,24,25). The highest BCUT2D eigenvalue weighted by molar-refractivity contribution is 7.99. The number of allylic oxidation sites excluding steroid dienone is 1. The number of aromatic nitrogens is 2. The molecule has 0 radical (unpaired) electrons. The fourth-order valence-corrected chi connectivity index (χ4v) is 4.74. The number of imidazole rings is 1. The van der Waals surface area contributed by atoms with Gasteiger partial charge in [-0.25, -0.2) is 4.98 Å². The normalized spacial score (nSPS) is 15.1. The molecule has 2 N–H and O–H groups in total. The Kier molecular flexibility index (Phi) is 7.39. The molecule has 146 valence electrons. The van der Waals surface area contributed by atoms with Gasteiger partial charge >= 0.3 is 0 Å². The Hall–Kier alpha value is -1.75. The zero-order chi connectivity index (χ0) is 19.1. The van der Waals surface area contributed by atoms with Gasteiger partial charge in [0.05, 0.1) is 16.7 Å². The molecule has 4 nitrogen and oxygen atoms in total. The molecule has 1 fully saturated rings. The number of H-pyrrole nitrogens is 1. The zero-order valence-corrected chi connectivity index (χ0v) is 17.2. The third-order valence-corrected chi connectivity index (χ3v) is 6.34. The van der Waals surface area contributed by atoms with Gasteiger partial charge in [0.25, 0.3) is 0 Å². The van der Waals surface area contributed by atoms with E-state index in [1.807, 2.05) is 17.8 Å². The van der Waals surface area contributed by atoms with E-state index in [1.54, 1.807) is 6.08 Å². The molecule has 0 bridgehead atoms. The number of nitrogens with one attached hydrogen (secondary N) is 2. The van der Waals surface area contributed by atoms with Crippen molar-refractivity contribution in [1.82, 2.24) is 9.97 Å². The van der Waals surface area contributed by atoms with Gasteiger partial charge < -0.3 is 10.3 Å². The number of hydrogen-bond acceptors (Lipinski definition) is 3. The second-order valence-electron chi connectivity index (χ2n) is 7.40. The molecular weight excluding hydrogens is 354 g/mol. The van der Waals surface area contributed by atoms with Crippen molar-refractivity contribution < 1.29 is 4.79 Å². The van der Waals surface area contributed by atoms with E-state index in [0.29, 0.717) is 18.8 Å². The molecule has 1 amide bonds. The minimum absolute atomic E-state index is 0.0367. The van der Waals surface area contributed by atoms with Gasteiger partial charge in [0, 0.05) is 17.2 Å². The molecule has 2 aromatic rings. The van der Waals surface area contributed by atoms with Gasteiger partial charge in [-0.3, -0.25) is 4.79 Å². The van der Waals surface area contributed by atoms with Crippen LogP contribution in [-0.4, -0.2) is 21.6 Å². The highest BCUT2D eigenvalue weighted by atomic mass is 32.2. The number of hydrogen-bond donors (Lipinski definition) is 2. The van der Waals surface area contributed by atoms with Crippen molar-refractivity contribution in [3.8, 4) is 0 Å². The summed E-state index contributed by atoms with van der Waals surface area (Å²) in [6, 6.07) is 4.20. The van der Waals surface area contributed by atoms with E-state index < -0.39 is 0 Å². The number of benzene rings is 1. The van der Waals surface area contributed by atoms with Gasteiger partial charge in [0.15, 0.2) is 0 Å². The Labute approximate surface area is 166 Å². The molecule has 1 heterocycles. The third kappa shape index (κ3) is 5.38. The molecule has 0 unspecified atom stereocenters. The van der Waals surface area contributed by atoms with E-state index >= 15 is 0 Å². The summed E-state index contributed by atoms with van der Waals surface area (Å²) in [6.45, 7) is 5.90. The van der Waals surface area contributed by atoms with Gasteiger partial charge in [0.1, 0.15) is 5.82 Å². The van der Waals surface area contributed by atoms with Crippen LogP contribution in [0.4, 0.5) is 5.69 Å². The van der Waals surface area contributed by atoms with Gasteiger partial charge in [0.2, 0.25) is 5.91 Å². The number of aromatic amines is 1. The van der Waals surface area contributed by atoms with Crippen LogP contribution in [0.5, 0.6) is 0 Å². The average molecular weight is 386 g/mol. The van der Waals surface area contributed by atoms with Crippen LogP contribution in [0.15, 0.2) is 29.7 Å². The van der Waals surface area contributed by atoms with Crippen LogP contribution in [0, 0.1) is 0 Å². The van der Waals surface area contributed by atoms with Crippen LogP contribution in [0.1, 0.15) is 76.5 Å². The number of nitrogens with zero attached hydrogens (tertiary/aromatic N) is 1. The Morgan fingerprint density at radius 3 is 2.93 bits per heavy atom. The Bertz CT molecular complexity index is 777. The molecule has 0 atom stereocenters. The molecular formula is C22H31N3OS. The number of fused-ring (bicyclic) bond motifs is 1. The summed E-state index contributed by atoms with van der Waals surface area (Å²) in [5, 5.41) is 3.09. The lowest BCUT2D eigenvalue weighted by molar-refractivity contribution is -0.116. The summed E-state index contributed by atoms with van der Waals surface area (Å²) in [7, 11) is 0. The van der Waals surface area contributed by atoms with Crippen LogP contribution in [-0.2, 0) is 4.79 Å². The van der Waals surface area contributed by atoms with Crippen LogP contribution >= 0.6 is 11.8 Å². The van der Waals surface area contributed by atoms with Crippen LogP contribution in [0.3, 0.4) is 0 Å². The summed E-state index contributed by atoms with van der Waals surface area (Å²) in [4.78, 5) is 21.8. The topological polar surface area (TPSA) is 57.8 Å². The number of amides is 1.